The van der Waals surface area contributed by atoms with E-state index in [9.17, 15) is 4.79 Å². The Morgan fingerprint density at radius 3 is 2.37 bits per heavy atom. The van der Waals surface area contributed by atoms with E-state index in [2.05, 4.69) is 9.97 Å². The van der Waals surface area contributed by atoms with Crippen LogP contribution in [-0.2, 0) is 0 Å². The molecule has 0 radical (unpaired) electrons. The van der Waals surface area contributed by atoms with Crippen molar-refractivity contribution in [2.24, 2.45) is 0 Å². The average molecular weight is 279 g/mol. The molecule has 0 bridgehead atoms. The summed E-state index contributed by atoms with van der Waals surface area (Å²) in [6.07, 6.45) is 1.93. The number of thioether (sulfide) groups is 1. The molecular formula is C14H21N3OS. The molecule has 0 aromatic carbocycles. The highest BCUT2D eigenvalue weighted by atomic mass is 32.2. The highest BCUT2D eigenvalue weighted by molar-refractivity contribution is 7.98. The van der Waals surface area contributed by atoms with Gasteiger partial charge in [-0.3, -0.25) is 9.36 Å². The second kappa shape index (κ2) is 6.70. The zero-order chi connectivity index (χ0) is 14.6. The SMILES string of the molecule is CC.CSc1nc(C)c2ccc(=O)n(C(C)C)c2n1. The first kappa shape index (κ1) is 15.7. The Bertz CT molecular complexity index is 620. The van der Waals surface area contributed by atoms with Crippen LogP contribution in [0.15, 0.2) is 22.1 Å². The van der Waals surface area contributed by atoms with Crippen LogP contribution in [0.25, 0.3) is 11.0 Å². The minimum atomic E-state index is -0.0161. The minimum absolute atomic E-state index is 0.0161. The second-order valence-corrected chi connectivity index (χ2v) is 4.94. The molecule has 2 heterocycles. The molecule has 19 heavy (non-hydrogen) atoms. The molecule has 0 atom stereocenters. The predicted molar refractivity (Wildman–Crippen MR) is 82.0 cm³/mol. The summed E-state index contributed by atoms with van der Waals surface area (Å²) < 4.78 is 1.71. The lowest BCUT2D eigenvalue weighted by Gasteiger charge is -2.14. The van der Waals surface area contributed by atoms with Gasteiger partial charge in [-0.2, -0.15) is 0 Å². The first-order valence-corrected chi connectivity index (χ1v) is 7.71. The molecule has 2 rings (SSSR count). The van der Waals surface area contributed by atoms with E-state index in [4.69, 9.17) is 0 Å². The predicted octanol–water partition coefficient (Wildman–Crippen LogP) is 3.43. The van der Waals surface area contributed by atoms with Gasteiger partial charge in [-0.1, -0.05) is 25.6 Å². The van der Waals surface area contributed by atoms with Crippen molar-refractivity contribution >= 4 is 22.8 Å². The molecule has 0 unspecified atom stereocenters. The highest BCUT2D eigenvalue weighted by Crippen LogP contribution is 2.19. The number of hydrogen-bond acceptors (Lipinski definition) is 4. The molecular weight excluding hydrogens is 258 g/mol. The minimum Gasteiger partial charge on any atom is -0.290 e. The number of fused-ring (bicyclic) bond motifs is 1. The van der Waals surface area contributed by atoms with Gasteiger partial charge in [0.1, 0.15) is 5.65 Å². The van der Waals surface area contributed by atoms with E-state index in [0.717, 1.165) is 16.7 Å². The lowest BCUT2D eigenvalue weighted by molar-refractivity contribution is 0.592. The van der Waals surface area contributed by atoms with E-state index in [1.807, 2.05) is 40.9 Å². The smallest absolute Gasteiger partial charge is 0.252 e. The fourth-order valence-electron chi connectivity index (χ4n) is 1.85. The van der Waals surface area contributed by atoms with Gasteiger partial charge >= 0.3 is 0 Å². The van der Waals surface area contributed by atoms with Crippen LogP contribution >= 0.6 is 11.8 Å². The van der Waals surface area contributed by atoms with Crippen molar-refractivity contribution in [2.45, 2.75) is 45.8 Å². The Kier molecular flexibility index (Phi) is 5.54. The maximum atomic E-state index is 11.9. The maximum Gasteiger partial charge on any atom is 0.252 e. The van der Waals surface area contributed by atoms with E-state index < -0.39 is 0 Å². The largest absolute Gasteiger partial charge is 0.290 e. The molecule has 0 spiro atoms. The van der Waals surface area contributed by atoms with E-state index in [1.165, 1.54) is 11.8 Å². The fraction of sp³-hybridized carbons (Fsp3) is 0.500. The van der Waals surface area contributed by atoms with Crippen LogP contribution in [0.2, 0.25) is 0 Å². The van der Waals surface area contributed by atoms with Crippen LogP contribution in [0.4, 0.5) is 0 Å². The maximum absolute atomic E-state index is 11.9. The number of hydrogen-bond donors (Lipinski definition) is 0. The topological polar surface area (TPSA) is 47.8 Å². The number of rotatable bonds is 2. The van der Waals surface area contributed by atoms with Crippen LogP contribution in [0.5, 0.6) is 0 Å². The summed E-state index contributed by atoms with van der Waals surface area (Å²) in [5.74, 6) is 0. The Balaban J connectivity index is 0.000000861. The van der Waals surface area contributed by atoms with Crippen molar-refractivity contribution in [1.29, 1.82) is 0 Å². The molecule has 4 nitrogen and oxygen atoms in total. The van der Waals surface area contributed by atoms with Gasteiger partial charge in [-0.15, -0.1) is 0 Å². The fourth-order valence-corrected chi connectivity index (χ4v) is 2.26. The quantitative estimate of drug-likeness (QED) is 0.624. The monoisotopic (exact) mass is 279 g/mol. The molecule has 0 aliphatic carbocycles. The Morgan fingerprint density at radius 2 is 1.84 bits per heavy atom. The van der Waals surface area contributed by atoms with Crippen molar-refractivity contribution in [3.05, 3.63) is 28.2 Å². The standard InChI is InChI=1S/C12H15N3OS.C2H6/c1-7(2)15-10(16)6-5-9-8(3)13-12(17-4)14-11(9)15;1-2/h5-7H,1-4H3;1-2H3. The van der Waals surface area contributed by atoms with Gasteiger partial charge in [-0.25, -0.2) is 9.97 Å². The number of aromatic nitrogens is 3. The van der Waals surface area contributed by atoms with Gasteiger partial charge in [0.25, 0.3) is 5.56 Å². The molecule has 0 aliphatic heterocycles. The van der Waals surface area contributed by atoms with Gasteiger partial charge in [-0.05, 0) is 33.1 Å². The summed E-state index contributed by atoms with van der Waals surface area (Å²) in [6.45, 7) is 9.91. The van der Waals surface area contributed by atoms with Crippen LogP contribution in [0, 0.1) is 6.92 Å². The highest BCUT2D eigenvalue weighted by Gasteiger charge is 2.11. The Morgan fingerprint density at radius 1 is 1.21 bits per heavy atom. The number of aryl methyl sites for hydroxylation is 1. The van der Waals surface area contributed by atoms with Crippen molar-refractivity contribution in [3.8, 4) is 0 Å². The molecule has 104 valence electrons. The number of pyridine rings is 1. The first-order valence-electron chi connectivity index (χ1n) is 6.48. The van der Waals surface area contributed by atoms with Crippen molar-refractivity contribution in [2.75, 3.05) is 6.26 Å². The molecule has 0 N–H and O–H groups in total. The van der Waals surface area contributed by atoms with Crippen molar-refractivity contribution in [1.82, 2.24) is 14.5 Å². The van der Waals surface area contributed by atoms with Crippen LogP contribution in [0.3, 0.4) is 0 Å². The van der Waals surface area contributed by atoms with Crippen molar-refractivity contribution in [3.63, 3.8) is 0 Å². The third kappa shape index (κ3) is 3.15. The molecule has 0 amide bonds. The summed E-state index contributed by atoms with van der Waals surface area (Å²) in [5, 5.41) is 1.64. The molecule has 0 fully saturated rings. The lowest BCUT2D eigenvalue weighted by atomic mass is 10.2. The summed E-state index contributed by atoms with van der Waals surface area (Å²) in [4.78, 5) is 20.7. The summed E-state index contributed by atoms with van der Waals surface area (Å²) in [6, 6.07) is 3.48. The lowest BCUT2D eigenvalue weighted by Crippen LogP contribution is -2.22. The van der Waals surface area contributed by atoms with Gasteiger partial charge in [0, 0.05) is 17.5 Å². The van der Waals surface area contributed by atoms with E-state index >= 15 is 0 Å². The number of nitrogens with zero attached hydrogens (tertiary/aromatic N) is 3. The normalized spacial score (nSPS) is 10.5. The third-order valence-corrected chi connectivity index (χ3v) is 3.20. The van der Waals surface area contributed by atoms with Gasteiger partial charge in [0.2, 0.25) is 0 Å². The summed E-state index contributed by atoms with van der Waals surface area (Å²) >= 11 is 1.49. The summed E-state index contributed by atoms with van der Waals surface area (Å²) in [7, 11) is 0. The molecule has 0 aliphatic rings. The molecule has 2 aromatic heterocycles. The zero-order valence-corrected chi connectivity index (χ0v) is 13.2. The first-order chi connectivity index (χ1) is 9.04. The van der Waals surface area contributed by atoms with Crippen molar-refractivity contribution < 1.29 is 0 Å². The van der Waals surface area contributed by atoms with Gasteiger partial charge in [0.15, 0.2) is 5.16 Å². The average Bonchev–Trinajstić information content (AvgIpc) is 2.39. The summed E-state index contributed by atoms with van der Waals surface area (Å²) in [5.41, 5.74) is 1.62. The molecule has 5 heteroatoms. The van der Waals surface area contributed by atoms with Crippen LogP contribution in [-0.4, -0.2) is 20.8 Å². The van der Waals surface area contributed by atoms with E-state index in [-0.39, 0.29) is 11.6 Å². The van der Waals surface area contributed by atoms with Crippen LogP contribution in [0.1, 0.15) is 39.4 Å². The van der Waals surface area contributed by atoms with Crippen LogP contribution < -0.4 is 5.56 Å². The zero-order valence-electron chi connectivity index (χ0n) is 12.4. The second-order valence-electron chi connectivity index (χ2n) is 4.17. The van der Waals surface area contributed by atoms with E-state index in [1.54, 1.807) is 16.7 Å². The molecule has 2 aromatic rings. The molecule has 0 saturated heterocycles. The van der Waals surface area contributed by atoms with Gasteiger partial charge in [0.05, 0.1) is 5.69 Å². The Hall–Kier alpha value is -1.36. The molecule has 0 saturated carbocycles. The third-order valence-electron chi connectivity index (χ3n) is 2.65. The van der Waals surface area contributed by atoms with Gasteiger partial charge < -0.3 is 0 Å². The van der Waals surface area contributed by atoms with E-state index in [0.29, 0.717) is 5.16 Å². The Labute approximate surface area is 118 Å².